The molecule has 128 valence electrons. The zero-order chi connectivity index (χ0) is 17.0. The second-order valence-electron chi connectivity index (χ2n) is 6.21. The number of hydrogen-bond acceptors (Lipinski definition) is 4. The van der Waals surface area contributed by atoms with Gasteiger partial charge in [0.1, 0.15) is 10.8 Å². The minimum Gasteiger partial charge on any atom is -0.384 e. The molecule has 23 heavy (non-hydrogen) atoms. The highest BCUT2D eigenvalue weighted by Crippen LogP contribution is 2.22. The molecule has 0 aliphatic rings. The van der Waals surface area contributed by atoms with Gasteiger partial charge in [0.05, 0.1) is 11.9 Å². The van der Waals surface area contributed by atoms with Crippen LogP contribution in [0.1, 0.15) is 43.5 Å². The van der Waals surface area contributed by atoms with Gasteiger partial charge in [0, 0.05) is 44.0 Å². The molecule has 1 atom stereocenters. The van der Waals surface area contributed by atoms with Crippen molar-refractivity contribution in [3.05, 3.63) is 34.4 Å². The zero-order valence-electron chi connectivity index (χ0n) is 14.3. The number of nitrogens with one attached hydrogen (secondary N) is 1. The predicted molar refractivity (Wildman–Crippen MR) is 91.4 cm³/mol. The topological polar surface area (TPSA) is 67.9 Å². The molecule has 2 aromatic heterocycles. The van der Waals surface area contributed by atoms with Gasteiger partial charge in [-0.15, -0.1) is 0 Å². The average Bonchev–Trinajstić information content (AvgIpc) is 3.04. The van der Waals surface area contributed by atoms with Crippen LogP contribution in [0.5, 0.6) is 0 Å². The monoisotopic (exact) mass is 339 g/mol. The molecular weight excluding hydrogens is 314 g/mol. The summed E-state index contributed by atoms with van der Waals surface area (Å²) in [6, 6.07) is 0. The Kier molecular flexibility index (Phi) is 5.84. The van der Waals surface area contributed by atoms with Crippen molar-refractivity contribution in [2.45, 2.75) is 52.3 Å². The number of aromatic nitrogens is 4. The van der Waals surface area contributed by atoms with Crippen molar-refractivity contribution in [3.63, 3.8) is 0 Å². The summed E-state index contributed by atoms with van der Waals surface area (Å²) in [4.78, 5) is 0. The molecule has 2 aromatic rings. The fraction of sp³-hybridized carbons (Fsp3) is 0.625. The van der Waals surface area contributed by atoms with Crippen LogP contribution in [0.25, 0.3) is 0 Å². The lowest BCUT2D eigenvalue weighted by molar-refractivity contribution is 0.0566. The van der Waals surface area contributed by atoms with Gasteiger partial charge >= 0.3 is 0 Å². The van der Waals surface area contributed by atoms with E-state index >= 15 is 0 Å². The van der Waals surface area contributed by atoms with Gasteiger partial charge in [0.2, 0.25) is 0 Å². The van der Waals surface area contributed by atoms with Gasteiger partial charge in [-0.3, -0.25) is 9.36 Å². The van der Waals surface area contributed by atoms with Crippen molar-refractivity contribution in [1.29, 1.82) is 0 Å². The molecule has 0 aliphatic carbocycles. The molecule has 1 unspecified atom stereocenters. The van der Waals surface area contributed by atoms with Crippen LogP contribution < -0.4 is 5.32 Å². The Hall–Kier alpha value is -1.37. The van der Waals surface area contributed by atoms with Gasteiger partial charge < -0.3 is 10.4 Å². The van der Waals surface area contributed by atoms with Crippen molar-refractivity contribution < 1.29 is 5.11 Å². The highest BCUT2D eigenvalue weighted by atomic mass is 35.5. The Bertz CT molecular complexity index is 647. The maximum absolute atomic E-state index is 10.6. The standard InChI is InChI=1S/C16H26ClN5O/c1-5-6-7-22-15(17)14(12(2)20-22)9-18-11-16(3,23)13-8-19-21(4)10-13/h8,10,18,23H,5-7,9,11H2,1-4H3. The molecule has 0 saturated carbocycles. The number of aryl methyl sites for hydroxylation is 3. The molecule has 0 aromatic carbocycles. The van der Waals surface area contributed by atoms with Crippen LogP contribution >= 0.6 is 11.6 Å². The Labute approximate surface area is 142 Å². The number of rotatable bonds is 8. The molecule has 0 saturated heterocycles. The molecule has 0 radical (unpaired) electrons. The van der Waals surface area contributed by atoms with Crippen LogP contribution in [0.3, 0.4) is 0 Å². The summed E-state index contributed by atoms with van der Waals surface area (Å²) < 4.78 is 3.54. The maximum Gasteiger partial charge on any atom is 0.131 e. The molecule has 0 fully saturated rings. The highest BCUT2D eigenvalue weighted by molar-refractivity contribution is 6.30. The third kappa shape index (κ3) is 4.34. The second kappa shape index (κ2) is 7.47. The van der Waals surface area contributed by atoms with Crippen molar-refractivity contribution in [2.24, 2.45) is 7.05 Å². The predicted octanol–water partition coefficient (Wildman–Crippen LogP) is 2.38. The van der Waals surface area contributed by atoms with Gasteiger partial charge in [-0.05, 0) is 20.3 Å². The van der Waals surface area contributed by atoms with E-state index in [0.717, 1.165) is 36.2 Å². The largest absolute Gasteiger partial charge is 0.384 e. The van der Waals surface area contributed by atoms with E-state index < -0.39 is 5.60 Å². The van der Waals surface area contributed by atoms with Gasteiger partial charge in [-0.2, -0.15) is 10.2 Å². The number of hydrogen-bond donors (Lipinski definition) is 2. The van der Waals surface area contributed by atoms with Gasteiger partial charge in [0.15, 0.2) is 0 Å². The summed E-state index contributed by atoms with van der Waals surface area (Å²) in [6.45, 7) is 7.71. The Balaban J connectivity index is 1.97. The molecule has 7 heteroatoms. The minimum absolute atomic E-state index is 0.411. The Morgan fingerprint density at radius 2 is 2.17 bits per heavy atom. The van der Waals surface area contributed by atoms with Gasteiger partial charge in [-0.25, -0.2) is 0 Å². The van der Waals surface area contributed by atoms with E-state index in [9.17, 15) is 5.11 Å². The quantitative estimate of drug-likeness (QED) is 0.774. The molecule has 0 aliphatic heterocycles. The molecule has 2 heterocycles. The maximum atomic E-state index is 10.6. The Morgan fingerprint density at radius 1 is 1.43 bits per heavy atom. The van der Waals surface area contributed by atoms with Crippen molar-refractivity contribution in [3.8, 4) is 0 Å². The molecule has 2 rings (SSSR count). The summed E-state index contributed by atoms with van der Waals surface area (Å²) in [7, 11) is 1.83. The van der Waals surface area contributed by atoms with E-state index in [0.29, 0.717) is 18.2 Å². The Morgan fingerprint density at radius 3 is 2.78 bits per heavy atom. The molecular formula is C16H26ClN5O. The van der Waals surface area contributed by atoms with Crippen LogP contribution in [0.15, 0.2) is 12.4 Å². The number of nitrogens with zero attached hydrogens (tertiary/aromatic N) is 4. The molecule has 2 N–H and O–H groups in total. The lowest BCUT2D eigenvalue weighted by Crippen LogP contribution is -2.35. The van der Waals surface area contributed by atoms with E-state index in [1.807, 2.05) is 24.9 Å². The van der Waals surface area contributed by atoms with Crippen LogP contribution in [0.2, 0.25) is 5.15 Å². The van der Waals surface area contributed by atoms with Crippen LogP contribution in [0, 0.1) is 6.92 Å². The number of halogens is 1. The average molecular weight is 340 g/mol. The first kappa shape index (κ1) is 18.0. The smallest absolute Gasteiger partial charge is 0.131 e. The number of aliphatic hydroxyl groups is 1. The van der Waals surface area contributed by atoms with E-state index in [2.05, 4.69) is 22.4 Å². The fourth-order valence-corrected chi connectivity index (χ4v) is 2.81. The fourth-order valence-electron chi connectivity index (χ4n) is 2.48. The SMILES string of the molecule is CCCCn1nc(C)c(CNCC(C)(O)c2cnn(C)c2)c1Cl. The lowest BCUT2D eigenvalue weighted by Gasteiger charge is -2.22. The molecule has 0 spiro atoms. The van der Waals surface area contributed by atoms with Gasteiger partial charge in [-0.1, -0.05) is 24.9 Å². The summed E-state index contributed by atoms with van der Waals surface area (Å²) in [5.41, 5.74) is 1.73. The first-order chi connectivity index (χ1) is 10.8. The van der Waals surface area contributed by atoms with Gasteiger partial charge in [0.25, 0.3) is 0 Å². The first-order valence-electron chi connectivity index (χ1n) is 7.99. The first-order valence-corrected chi connectivity index (χ1v) is 8.37. The van der Waals surface area contributed by atoms with Crippen LogP contribution in [-0.2, 0) is 25.7 Å². The minimum atomic E-state index is -0.979. The third-order valence-electron chi connectivity index (χ3n) is 4.00. The van der Waals surface area contributed by atoms with Crippen molar-refractivity contribution in [1.82, 2.24) is 24.9 Å². The summed E-state index contributed by atoms with van der Waals surface area (Å²) in [5.74, 6) is 0. The molecule has 0 amide bonds. The third-order valence-corrected chi connectivity index (χ3v) is 4.43. The second-order valence-corrected chi connectivity index (χ2v) is 6.57. The molecule has 0 bridgehead atoms. The zero-order valence-corrected chi connectivity index (χ0v) is 15.1. The molecule has 6 nitrogen and oxygen atoms in total. The summed E-state index contributed by atoms with van der Waals surface area (Å²) in [5, 5.41) is 23.1. The number of unbranched alkanes of at least 4 members (excludes halogenated alkanes) is 1. The van der Waals surface area contributed by atoms with Crippen molar-refractivity contribution >= 4 is 11.6 Å². The van der Waals surface area contributed by atoms with E-state index in [1.54, 1.807) is 17.8 Å². The van der Waals surface area contributed by atoms with E-state index in [1.165, 1.54) is 0 Å². The van der Waals surface area contributed by atoms with Crippen LogP contribution in [-0.4, -0.2) is 31.2 Å². The summed E-state index contributed by atoms with van der Waals surface area (Å²) >= 11 is 6.42. The lowest BCUT2D eigenvalue weighted by atomic mass is 10.00. The van der Waals surface area contributed by atoms with Crippen molar-refractivity contribution in [2.75, 3.05) is 6.54 Å². The summed E-state index contributed by atoms with van der Waals surface area (Å²) in [6.07, 6.45) is 5.67. The highest BCUT2D eigenvalue weighted by Gasteiger charge is 2.24. The van der Waals surface area contributed by atoms with E-state index in [-0.39, 0.29) is 0 Å². The van der Waals surface area contributed by atoms with Crippen LogP contribution in [0.4, 0.5) is 0 Å². The van der Waals surface area contributed by atoms with E-state index in [4.69, 9.17) is 11.6 Å². The normalized spacial score (nSPS) is 14.2.